The smallest absolute Gasteiger partial charge is 0.0702 e. The van der Waals surface area contributed by atoms with Gasteiger partial charge in [-0.2, -0.15) is 0 Å². The Labute approximate surface area is 96.9 Å². The summed E-state index contributed by atoms with van der Waals surface area (Å²) in [6, 6.07) is 1.71. The van der Waals surface area contributed by atoms with Crippen LogP contribution in [0.1, 0.15) is 0 Å². The molecule has 0 saturated heterocycles. The van der Waals surface area contributed by atoms with Gasteiger partial charge in [0.15, 0.2) is 0 Å². The van der Waals surface area contributed by atoms with E-state index in [2.05, 4.69) is 44.5 Å². The Hall–Kier alpha value is 1.11. The van der Waals surface area contributed by atoms with Crippen molar-refractivity contribution < 1.29 is 0 Å². The third-order valence-corrected chi connectivity index (χ3v) is 4.56. The van der Waals surface area contributed by atoms with Crippen LogP contribution in [0.2, 0.25) is 10.0 Å². The van der Waals surface area contributed by atoms with Crippen LogP contribution in [0.4, 0.5) is 0 Å². The fourth-order valence-electron chi connectivity index (χ4n) is 0.557. The average Bonchev–Trinajstić information content (AvgIpc) is 1.97. The van der Waals surface area contributed by atoms with Crippen LogP contribution >= 0.6 is 67.7 Å². The molecule has 11 heavy (non-hydrogen) atoms. The zero-order chi connectivity index (χ0) is 8.59. The van der Waals surface area contributed by atoms with E-state index < -0.39 is 0 Å². The van der Waals surface area contributed by atoms with Crippen molar-refractivity contribution in [1.29, 1.82) is 0 Å². The van der Waals surface area contributed by atoms with Gasteiger partial charge in [0.25, 0.3) is 0 Å². The van der Waals surface area contributed by atoms with Crippen molar-refractivity contribution in [3.8, 4) is 0 Å². The first-order valence-corrected chi connectivity index (χ1v) is 5.35. The summed E-state index contributed by atoms with van der Waals surface area (Å²) < 4.78 is 1.47. The van der Waals surface area contributed by atoms with Crippen LogP contribution in [-0.4, -0.2) is 0 Å². The zero-order valence-electron chi connectivity index (χ0n) is 5.04. The summed E-state index contributed by atoms with van der Waals surface area (Å²) >= 11 is 22.3. The van der Waals surface area contributed by atoms with Crippen LogP contribution in [0.5, 0.6) is 0 Å². The molecule has 0 atom stereocenters. The van der Waals surface area contributed by atoms with Crippen molar-refractivity contribution in [3.05, 3.63) is 25.1 Å². The first-order chi connectivity index (χ1) is 5.04. The summed E-state index contributed by atoms with van der Waals surface area (Å²) in [6.07, 6.45) is 0. The summed E-state index contributed by atoms with van der Waals surface area (Å²) in [7, 11) is 0. The molecule has 60 valence electrons. The molecule has 0 N–H and O–H groups in total. The minimum atomic E-state index is 0.566. The third kappa shape index (κ3) is 2.07. The van der Waals surface area contributed by atoms with Gasteiger partial charge in [-0.05, 0) is 37.9 Å². The maximum absolute atomic E-state index is 5.85. The van der Waals surface area contributed by atoms with Crippen molar-refractivity contribution in [2.24, 2.45) is 0 Å². The van der Waals surface area contributed by atoms with Gasteiger partial charge in [-0.3, -0.25) is 0 Å². The number of thiol groups is 1. The van der Waals surface area contributed by atoms with Gasteiger partial charge < -0.3 is 0 Å². The van der Waals surface area contributed by atoms with E-state index in [1.54, 1.807) is 6.07 Å². The van der Waals surface area contributed by atoms with Crippen molar-refractivity contribution in [3.63, 3.8) is 0 Å². The number of benzene rings is 1. The van der Waals surface area contributed by atoms with E-state index in [0.29, 0.717) is 19.4 Å². The Morgan fingerprint density at radius 1 is 1.27 bits per heavy atom. The summed E-state index contributed by atoms with van der Waals surface area (Å²) in [5.41, 5.74) is 0. The summed E-state index contributed by atoms with van der Waals surface area (Å²) in [5, 5.41) is 1.15. The Morgan fingerprint density at radius 2 is 1.82 bits per heavy atom. The fourth-order valence-corrected chi connectivity index (χ4v) is 2.52. The van der Waals surface area contributed by atoms with E-state index in [-0.39, 0.29) is 0 Å². The summed E-state index contributed by atoms with van der Waals surface area (Å²) in [6.45, 7) is 0. The van der Waals surface area contributed by atoms with Crippen molar-refractivity contribution in [2.45, 2.75) is 4.90 Å². The minimum absolute atomic E-state index is 0.566. The van der Waals surface area contributed by atoms with Crippen LogP contribution in [0.15, 0.2) is 19.9 Å². The molecule has 0 saturated carbocycles. The molecule has 0 aliphatic heterocycles. The molecule has 5 heteroatoms. The summed E-state index contributed by atoms with van der Waals surface area (Å²) in [5.74, 6) is 0. The number of hydrogen-bond donors (Lipinski definition) is 1. The predicted octanol–water partition coefficient (Wildman–Crippen LogP) is 4.81. The lowest BCUT2D eigenvalue weighted by atomic mass is 10.4. The molecule has 0 fully saturated rings. The molecule has 1 rings (SSSR count). The fraction of sp³-hybridized carbons (Fsp3) is 0. The molecule has 0 bridgehead atoms. The molecule has 0 spiro atoms. The maximum Gasteiger partial charge on any atom is 0.0702 e. The lowest BCUT2D eigenvalue weighted by Gasteiger charge is -2.04. The molecule has 0 nitrogen and oxygen atoms in total. The number of halogens is 4. The third-order valence-electron chi connectivity index (χ3n) is 1.09. The highest BCUT2D eigenvalue weighted by molar-refractivity contribution is 9.11. The van der Waals surface area contributed by atoms with Crippen LogP contribution in [-0.2, 0) is 0 Å². The molecule has 0 aromatic heterocycles. The van der Waals surface area contributed by atoms with Crippen LogP contribution < -0.4 is 0 Å². The quantitative estimate of drug-likeness (QED) is 0.392. The van der Waals surface area contributed by atoms with E-state index in [1.807, 2.05) is 0 Å². The Bertz CT molecular complexity index is 275. The first kappa shape index (κ1) is 10.2. The molecular formula is C6H2Br2Cl2S. The van der Waals surface area contributed by atoms with Gasteiger partial charge in [-0.1, -0.05) is 23.2 Å². The van der Waals surface area contributed by atoms with E-state index in [4.69, 9.17) is 23.2 Å². The lowest BCUT2D eigenvalue weighted by Crippen LogP contribution is -1.77. The Kier molecular flexibility index (Phi) is 3.59. The van der Waals surface area contributed by atoms with Gasteiger partial charge in [0.05, 0.1) is 14.5 Å². The van der Waals surface area contributed by atoms with E-state index >= 15 is 0 Å². The number of hydrogen-bond acceptors (Lipinski definition) is 1. The molecule has 0 amide bonds. The van der Waals surface area contributed by atoms with Gasteiger partial charge in [-0.25, -0.2) is 0 Å². The predicted molar refractivity (Wildman–Crippen MR) is 59.1 cm³/mol. The second kappa shape index (κ2) is 3.88. The molecule has 0 radical (unpaired) electrons. The van der Waals surface area contributed by atoms with E-state index in [1.165, 1.54) is 0 Å². The normalized spacial score (nSPS) is 10.3. The second-order valence-electron chi connectivity index (χ2n) is 1.82. The Balaban J connectivity index is 3.46. The molecule has 0 aliphatic rings. The highest BCUT2D eigenvalue weighted by Crippen LogP contribution is 2.39. The highest BCUT2D eigenvalue weighted by Gasteiger charge is 2.09. The molecule has 1 aromatic rings. The van der Waals surface area contributed by atoms with Crippen LogP contribution in [0.25, 0.3) is 0 Å². The molecule has 1 aromatic carbocycles. The monoisotopic (exact) mass is 334 g/mol. The standard InChI is InChI=1S/C6H2Br2Cl2S/c7-2-1-3(9)6(11)4(8)5(2)10/h1,11H. The SMILES string of the molecule is Sc1c(Cl)cc(Br)c(Cl)c1Br. The van der Waals surface area contributed by atoms with Crippen molar-refractivity contribution >= 4 is 67.7 Å². The van der Waals surface area contributed by atoms with Crippen molar-refractivity contribution in [2.75, 3.05) is 0 Å². The topological polar surface area (TPSA) is 0 Å². The number of rotatable bonds is 0. The van der Waals surface area contributed by atoms with Gasteiger partial charge >= 0.3 is 0 Å². The molecule has 0 heterocycles. The second-order valence-corrected chi connectivity index (χ2v) is 4.70. The first-order valence-electron chi connectivity index (χ1n) is 2.56. The van der Waals surface area contributed by atoms with Crippen molar-refractivity contribution in [1.82, 2.24) is 0 Å². The zero-order valence-corrected chi connectivity index (χ0v) is 10.6. The highest BCUT2D eigenvalue weighted by atomic mass is 79.9. The van der Waals surface area contributed by atoms with Gasteiger partial charge in [-0.15, -0.1) is 12.6 Å². The molecule has 0 aliphatic carbocycles. The Morgan fingerprint density at radius 3 is 2.36 bits per heavy atom. The van der Waals surface area contributed by atoms with Gasteiger partial charge in [0.1, 0.15) is 0 Å². The van der Waals surface area contributed by atoms with Gasteiger partial charge in [0, 0.05) is 9.37 Å². The van der Waals surface area contributed by atoms with Gasteiger partial charge in [0.2, 0.25) is 0 Å². The van der Waals surface area contributed by atoms with Crippen LogP contribution in [0, 0.1) is 0 Å². The summed E-state index contributed by atoms with van der Waals surface area (Å²) in [4.78, 5) is 0.653. The van der Waals surface area contributed by atoms with E-state index in [0.717, 1.165) is 4.47 Å². The maximum atomic E-state index is 5.85. The van der Waals surface area contributed by atoms with E-state index in [9.17, 15) is 0 Å². The minimum Gasteiger partial charge on any atom is -0.141 e. The largest absolute Gasteiger partial charge is 0.141 e. The average molecular weight is 337 g/mol. The molecule has 0 unspecified atom stereocenters. The molecular weight excluding hydrogens is 335 g/mol. The lowest BCUT2D eigenvalue weighted by molar-refractivity contribution is 1.40. The van der Waals surface area contributed by atoms with Crippen LogP contribution in [0.3, 0.4) is 0 Å².